The molecule has 0 spiro atoms. The van der Waals surface area contributed by atoms with Crippen LogP contribution in [0.1, 0.15) is 23.7 Å². The fourth-order valence-electron chi connectivity index (χ4n) is 3.03. The van der Waals surface area contributed by atoms with Gasteiger partial charge >= 0.3 is 0 Å². The van der Waals surface area contributed by atoms with Crippen molar-refractivity contribution in [1.29, 1.82) is 0 Å². The Bertz CT molecular complexity index is 952. The number of hydrogen-bond donors (Lipinski definition) is 0. The molecule has 1 heterocycles. The summed E-state index contributed by atoms with van der Waals surface area (Å²) in [6, 6.07) is 21.5. The van der Waals surface area contributed by atoms with Crippen LogP contribution in [-0.4, -0.2) is 26.9 Å². The van der Waals surface area contributed by atoms with Crippen LogP contribution in [0.15, 0.2) is 77.9 Å². The lowest BCUT2D eigenvalue weighted by Gasteiger charge is -2.23. The second-order valence-electron chi connectivity index (χ2n) is 6.74. The van der Waals surface area contributed by atoms with Crippen LogP contribution in [0.25, 0.3) is 0 Å². The lowest BCUT2D eigenvalue weighted by atomic mass is 10.1. The van der Waals surface area contributed by atoms with E-state index in [0.29, 0.717) is 19.5 Å². The number of rotatable bonds is 8. The lowest BCUT2D eigenvalue weighted by Crippen LogP contribution is -2.37. The molecule has 144 valence electrons. The predicted octanol–water partition coefficient (Wildman–Crippen LogP) is 3.08. The fourth-order valence-corrected chi connectivity index (χ4v) is 3.03. The standard InChI is InChI=1S/C23H25N3O2/c1-2-21-15-22(27)26(18-24-21)17-23(28)25(16-20-11-7-4-8-12-20)14-13-19-9-5-3-6-10-19/h3-12,15,18H,2,13-14,16-17H2,1H3. The number of amides is 1. The molecule has 0 unspecified atom stereocenters. The minimum absolute atomic E-state index is 0.00253. The Morgan fingerprint density at radius 3 is 2.25 bits per heavy atom. The number of carbonyl (C=O) groups is 1. The van der Waals surface area contributed by atoms with Gasteiger partial charge in [-0.15, -0.1) is 0 Å². The first-order valence-electron chi connectivity index (χ1n) is 9.56. The highest BCUT2D eigenvalue weighted by atomic mass is 16.2. The van der Waals surface area contributed by atoms with Crippen LogP contribution in [0.4, 0.5) is 0 Å². The van der Waals surface area contributed by atoms with E-state index in [1.165, 1.54) is 22.5 Å². The maximum absolute atomic E-state index is 13.0. The van der Waals surface area contributed by atoms with Crippen molar-refractivity contribution in [3.05, 3.63) is 100 Å². The average Bonchev–Trinajstić information content (AvgIpc) is 2.74. The Hall–Kier alpha value is -3.21. The zero-order chi connectivity index (χ0) is 19.8. The fraction of sp³-hybridized carbons (Fsp3) is 0.261. The summed E-state index contributed by atoms with van der Waals surface area (Å²) >= 11 is 0. The Balaban J connectivity index is 1.74. The molecular formula is C23H25N3O2. The Labute approximate surface area is 165 Å². The molecule has 0 saturated heterocycles. The maximum atomic E-state index is 13.0. The summed E-state index contributed by atoms with van der Waals surface area (Å²) in [7, 11) is 0. The molecule has 0 N–H and O–H groups in total. The average molecular weight is 375 g/mol. The second-order valence-corrected chi connectivity index (χ2v) is 6.74. The van der Waals surface area contributed by atoms with Crippen LogP contribution in [-0.2, 0) is 30.7 Å². The van der Waals surface area contributed by atoms with E-state index in [1.807, 2.05) is 60.4 Å². The van der Waals surface area contributed by atoms with Gasteiger partial charge in [0.15, 0.2) is 0 Å². The maximum Gasteiger partial charge on any atom is 0.253 e. The van der Waals surface area contributed by atoms with Crippen molar-refractivity contribution in [2.24, 2.45) is 0 Å². The first kappa shape index (κ1) is 19.5. The Morgan fingerprint density at radius 1 is 1.00 bits per heavy atom. The van der Waals surface area contributed by atoms with Gasteiger partial charge in [0.2, 0.25) is 5.91 Å². The number of carbonyl (C=O) groups excluding carboxylic acids is 1. The molecule has 0 aliphatic rings. The summed E-state index contributed by atoms with van der Waals surface area (Å²) in [5.41, 5.74) is 2.79. The van der Waals surface area contributed by atoms with Gasteiger partial charge in [0.1, 0.15) is 6.54 Å². The molecule has 5 heteroatoms. The third kappa shape index (κ3) is 5.39. The van der Waals surface area contributed by atoms with Crippen molar-refractivity contribution < 1.29 is 4.79 Å². The van der Waals surface area contributed by atoms with Crippen molar-refractivity contribution in [1.82, 2.24) is 14.5 Å². The van der Waals surface area contributed by atoms with E-state index in [4.69, 9.17) is 0 Å². The van der Waals surface area contributed by atoms with Crippen LogP contribution < -0.4 is 5.56 Å². The zero-order valence-electron chi connectivity index (χ0n) is 16.1. The number of aryl methyl sites for hydroxylation is 1. The van der Waals surface area contributed by atoms with Crippen LogP contribution in [0.5, 0.6) is 0 Å². The molecule has 0 bridgehead atoms. The molecule has 2 aromatic carbocycles. The van der Waals surface area contributed by atoms with E-state index in [2.05, 4.69) is 17.1 Å². The van der Waals surface area contributed by atoms with Gasteiger partial charge in [-0.25, -0.2) is 4.98 Å². The molecule has 0 aliphatic carbocycles. The molecule has 0 fully saturated rings. The Kier molecular flexibility index (Phi) is 6.73. The summed E-state index contributed by atoms with van der Waals surface area (Å²) in [5, 5.41) is 0. The molecule has 3 aromatic rings. The first-order valence-corrected chi connectivity index (χ1v) is 9.56. The quantitative estimate of drug-likeness (QED) is 0.608. The highest BCUT2D eigenvalue weighted by Gasteiger charge is 2.15. The van der Waals surface area contributed by atoms with E-state index in [0.717, 1.165) is 17.7 Å². The summed E-state index contributed by atoms with van der Waals surface area (Å²) in [4.78, 5) is 31.3. The van der Waals surface area contributed by atoms with Crippen molar-refractivity contribution in [2.75, 3.05) is 6.54 Å². The van der Waals surface area contributed by atoms with Gasteiger partial charge in [0, 0.05) is 24.8 Å². The van der Waals surface area contributed by atoms with E-state index < -0.39 is 0 Å². The molecule has 1 amide bonds. The van der Waals surface area contributed by atoms with Gasteiger partial charge in [-0.3, -0.25) is 14.2 Å². The summed E-state index contributed by atoms with van der Waals surface area (Å²) in [6.45, 7) is 3.05. The van der Waals surface area contributed by atoms with Crippen LogP contribution in [0.2, 0.25) is 0 Å². The van der Waals surface area contributed by atoms with Crippen LogP contribution in [0.3, 0.4) is 0 Å². The zero-order valence-corrected chi connectivity index (χ0v) is 16.1. The van der Waals surface area contributed by atoms with Gasteiger partial charge in [-0.05, 0) is 24.0 Å². The molecule has 1 aromatic heterocycles. The number of hydrogen-bond acceptors (Lipinski definition) is 3. The van der Waals surface area contributed by atoms with Crippen molar-refractivity contribution in [2.45, 2.75) is 32.9 Å². The third-order valence-electron chi connectivity index (χ3n) is 4.69. The van der Waals surface area contributed by atoms with Gasteiger partial charge in [-0.2, -0.15) is 0 Å². The molecule has 0 saturated carbocycles. The molecular weight excluding hydrogens is 350 g/mol. The molecule has 3 rings (SSSR count). The smallest absolute Gasteiger partial charge is 0.253 e. The van der Waals surface area contributed by atoms with Gasteiger partial charge in [0.25, 0.3) is 5.56 Å². The van der Waals surface area contributed by atoms with E-state index >= 15 is 0 Å². The van der Waals surface area contributed by atoms with E-state index in [1.54, 1.807) is 0 Å². The summed E-state index contributed by atoms with van der Waals surface area (Å²) in [6.07, 6.45) is 2.93. The van der Waals surface area contributed by atoms with Gasteiger partial charge in [0.05, 0.1) is 6.33 Å². The van der Waals surface area contributed by atoms with Crippen molar-refractivity contribution >= 4 is 5.91 Å². The highest BCUT2D eigenvalue weighted by Crippen LogP contribution is 2.08. The highest BCUT2D eigenvalue weighted by molar-refractivity contribution is 5.76. The number of nitrogens with zero attached hydrogens (tertiary/aromatic N) is 3. The van der Waals surface area contributed by atoms with Crippen molar-refractivity contribution in [3.63, 3.8) is 0 Å². The molecule has 0 radical (unpaired) electrons. The summed E-state index contributed by atoms with van der Waals surface area (Å²) in [5.74, 6) is -0.0899. The van der Waals surface area contributed by atoms with Crippen LogP contribution >= 0.6 is 0 Å². The van der Waals surface area contributed by atoms with Gasteiger partial charge < -0.3 is 4.90 Å². The normalized spacial score (nSPS) is 10.6. The topological polar surface area (TPSA) is 55.2 Å². The number of aromatic nitrogens is 2. The first-order chi connectivity index (χ1) is 13.7. The number of benzene rings is 2. The molecule has 28 heavy (non-hydrogen) atoms. The van der Waals surface area contributed by atoms with E-state index in [9.17, 15) is 9.59 Å². The molecule has 0 aliphatic heterocycles. The van der Waals surface area contributed by atoms with E-state index in [-0.39, 0.29) is 18.0 Å². The minimum atomic E-state index is -0.192. The Morgan fingerprint density at radius 2 is 1.64 bits per heavy atom. The lowest BCUT2D eigenvalue weighted by molar-refractivity contribution is -0.132. The molecule has 0 atom stereocenters. The molecule has 5 nitrogen and oxygen atoms in total. The van der Waals surface area contributed by atoms with Gasteiger partial charge in [-0.1, -0.05) is 67.6 Å². The monoisotopic (exact) mass is 375 g/mol. The minimum Gasteiger partial charge on any atom is -0.336 e. The summed E-state index contributed by atoms with van der Waals surface area (Å²) < 4.78 is 1.38. The third-order valence-corrected chi connectivity index (χ3v) is 4.69. The SMILES string of the molecule is CCc1cc(=O)n(CC(=O)N(CCc2ccccc2)Cc2ccccc2)cn1. The second kappa shape index (κ2) is 9.65. The largest absolute Gasteiger partial charge is 0.336 e. The van der Waals surface area contributed by atoms with Crippen LogP contribution in [0, 0.1) is 0 Å². The van der Waals surface area contributed by atoms with Crippen molar-refractivity contribution in [3.8, 4) is 0 Å². The predicted molar refractivity (Wildman–Crippen MR) is 110 cm³/mol.